The number of amides is 2. The summed E-state index contributed by atoms with van der Waals surface area (Å²) >= 11 is 0. The van der Waals surface area contributed by atoms with Crippen LogP contribution >= 0.6 is 12.4 Å². The fraction of sp³-hybridized carbons (Fsp3) is 0.882. The van der Waals surface area contributed by atoms with Gasteiger partial charge in [0.25, 0.3) is 0 Å². The summed E-state index contributed by atoms with van der Waals surface area (Å²) in [4.78, 5) is 23.8. The maximum atomic E-state index is 12.0. The van der Waals surface area contributed by atoms with Crippen LogP contribution in [0.1, 0.15) is 58.8 Å². The lowest BCUT2D eigenvalue weighted by atomic mass is 9.69. The zero-order chi connectivity index (χ0) is 16.1. The van der Waals surface area contributed by atoms with Gasteiger partial charge < -0.3 is 16.4 Å². The van der Waals surface area contributed by atoms with Crippen LogP contribution in [-0.2, 0) is 9.59 Å². The zero-order valence-corrected chi connectivity index (χ0v) is 15.2. The summed E-state index contributed by atoms with van der Waals surface area (Å²) in [6, 6.07) is -0.270. The van der Waals surface area contributed by atoms with Crippen LogP contribution in [0.2, 0.25) is 0 Å². The predicted octanol–water partition coefficient (Wildman–Crippen LogP) is 1.98. The highest BCUT2D eigenvalue weighted by atomic mass is 35.5. The van der Waals surface area contributed by atoms with Gasteiger partial charge >= 0.3 is 0 Å². The lowest BCUT2D eigenvalue weighted by Crippen LogP contribution is -2.49. The number of hydrogen-bond donors (Lipinski definition) is 3. The van der Waals surface area contributed by atoms with Crippen LogP contribution in [0.15, 0.2) is 0 Å². The molecule has 0 aromatic carbocycles. The van der Waals surface area contributed by atoms with Gasteiger partial charge in [0.1, 0.15) is 0 Å². The molecule has 0 saturated heterocycles. The van der Waals surface area contributed by atoms with Crippen molar-refractivity contribution in [1.82, 2.24) is 10.6 Å². The van der Waals surface area contributed by atoms with Crippen molar-refractivity contribution in [2.45, 2.75) is 70.9 Å². The van der Waals surface area contributed by atoms with Gasteiger partial charge in [0, 0.05) is 6.04 Å². The molecular formula is C17H32ClN3O2. The van der Waals surface area contributed by atoms with Crippen LogP contribution in [0.3, 0.4) is 0 Å². The molecule has 2 aliphatic carbocycles. The molecule has 0 aromatic heterocycles. The van der Waals surface area contributed by atoms with Crippen LogP contribution in [-0.4, -0.2) is 30.4 Å². The molecule has 23 heavy (non-hydrogen) atoms. The quantitative estimate of drug-likeness (QED) is 0.712. The first kappa shape index (κ1) is 20.2. The lowest BCUT2D eigenvalue weighted by Gasteiger charge is -2.39. The van der Waals surface area contributed by atoms with Crippen molar-refractivity contribution in [2.75, 3.05) is 6.54 Å². The Morgan fingerprint density at radius 1 is 1.09 bits per heavy atom. The van der Waals surface area contributed by atoms with E-state index in [9.17, 15) is 9.59 Å². The number of nitrogens with two attached hydrogens (primary N) is 1. The van der Waals surface area contributed by atoms with E-state index in [1.165, 1.54) is 32.1 Å². The molecule has 2 saturated carbocycles. The van der Waals surface area contributed by atoms with Crippen molar-refractivity contribution < 1.29 is 9.59 Å². The molecule has 134 valence electrons. The Morgan fingerprint density at radius 3 is 2.39 bits per heavy atom. The summed E-state index contributed by atoms with van der Waals surface area (Å²) in [5, 5.41) is 5.71. The Hall–Kier alpha value is -0.810. The zero-order valence-electron chi connectivity index (χ0n) is 14.3. The molecule has 6 heteroatoms. The average molecular weight is 346 g/mol. The van der Waals surface area contributed by atoms with Crippen molar-refractivity contribution in [3.63, 3.8) is 0 Å². The normalized spacial score (nSPS) is 28.3. The molecule has 2 aliphatic rings. The third-order valence-corrected chi connectivity index (χ3v) is 5.35. The summed E-state index contributed by atoms with van der Waals surface area (Å²) < 4.78 is 0. The van der Waals surface area contributed by atoms with E-state index in [0.717, 1.165) is 24.7 Å². The molecule has 0 radical (unpaired) electrons. The van der Waals surface area contributed by atoms with Gasteiger partial charge in [0.05, 0.1) is 12.6 Å². The second kappa shape index (κ2) is 9.48. The fourth-order valence-corrected chi connectivity index (χ4v) is 3.87. The van der Waals surface area contributed by atoms with E-state index in [4.69, 9.17) is 5.73 Å². The molecule has 0 spiro atoms. The van der Waals surface area contributed by atoms with Gasteiger partial charge in [-0.25, -0.2) is 0 Å². The first-order valence-corrected chi connectivity index (χ1v) is 8.80. The van der Waals surface area contributed by atoms with E-state index in [2.05, 4.69) is 10.6 Å². The van der Waals surface area contributed by atoms with E-state index >= 15 is 0 Å². The second-order valence-electron chi connectivity index (χ2n) is 7.37. The maximum absolute atomic E-state index is 12.0. The minimum absolute atomic E-state index is 0. The SMILES string of the molecule is CC(C)[C@H](N)C(=O)NCC(=O)NC1CCC2CCCCC2C1.Cl. The molecule has 0 bridgehead atoms. The molecule has 0 aliphatic heterocycles. The highest BCUT2D eigenvalue weighted by Crippen LogP contribution is 2.40. The number of nitrogens with one attached hydrogen (secondary N) is 2. The summed E-state index contributed by atoms with van der Waals surface area (Å²) in [6.07, 6.45) is 8.82. The summed E-state index contributed by atoms with van der Waals surface area (Å²) in [7, 11) is 0. The van der Waals surface area contributed by atoms with Gasteiger partial charge in [-0.05, 0) is 37.0 Å². The third kappa shape index (κ3) is 5.96. The van der Waals surface area contributed by atoms with Gasteiger partial charge in [-0.3, -0.25) is 9.59 Å². The first-order valence-electron chi connectivity index (χ1n) is 8.80. The lowest BCUT2D eigenvalue weighted by molar-refractivity contribution is -0.127. The Balaban J connectivity index is 0.00000264. The van der Waals surface area contributed by atoms with Crippen LogP contribution < -0.4 is 16.4 Å². The van der Waals surface area contributed by atoms with Gasteiger partial charge in [-0.15, -0.1) is 12.4 Å². The molecule has 0 aromatic rings. The highest BCUT2D eigenvalue weighted by molar-refractivity contribution is 5.87. The van der Waals surface area contributed by atoms with E-state index < -0.39 is 6.04 Å². The molecular weight excluding hydrogens is 314 g/mol. The number of rotatable bonds is 5. The molecule has 5 nitrogen and oxygen atoms in total. The van der Waals surface area contributed by atoms with Crippen molar-refractivity contribution in [2.24, 2.45) is 23.5 Å². The Labute approximate surface area is 145 Å². The van der Waals surface area contributed by atoms with E-state index in [1.54, 1.807) is 0 Å². The molecule has 2 fully saturated rings. The Kier molecular flexibility index (Phi) is 8.34. The summed E-state index contributed by atoms with van der Waals surface area (Å²) in [5.41, 5.74) is 5.76. The van der Waals surface area contributed by atoms with Crippen LogP contribution in [0.25, 0.3) is 0 Å². The van der Waals surface area contributed by atoms with Crippen molar-refractivity contribution >= 4 is 24.2 Å². The average Bonchev–Trinajstić information content (AvgIpc) is 2.51. The third-order valence-electron chi connectivity index (χ3n) is 5.35. The first-order chi connectivity index (χ1) is 10.5. The summed E-state index contributed by atoms with van der Waals surface area (Å²) in [6.45, 7) is 3.82. The maximum Gasteiger partial charge on any atom is 0.239 e. The fourth-order valence-electron chi connectivity index (χ4n) is 3.87. The predicted molar refractivity (Wildman–Crippen MR) is 94.3 cm³/mol. The van der Waals surface area contributed by atoms with Crippen molar-refractivity contribution in [3.05, 3.63) is 0 Å². The minimum atomic E-state index is -0.550. The van der Waals surface area contributed by atoms with Crippen LogP contribution in [0, 0.1) is 17.8 Å². The molecule has 3 unspecified atom stereocenters. The standard InChI is InChI=1S/C17H31N3O2.ClH/c1-11(2)16(18)17(22)19-10-15(21)20-14-8-7-12-5-3-4-6-13(12)9-14;/h11-14,16H,3-10,18H2,1-2H3,(H,19,22)(H,20,21);1H/t12?,13?,14?,16-;/m0./s1. The molecule has 2 amide bonds. The monoisotopic (exact) mass is 345 g/mol. The molecule has 2 rings (SSSR count). The van der Waals surface area contributed by atoms with Crippen molar-refractivity contribution in [3.8, 4) is 0 Å². The second-order valence-corrected chi connectivity index (χ2v) is 7.37. The van der Waals surface area contributed by atoms with Gasteiger partial charge in [-0.2, -0.15) is 0 Å². The largest absolute Gasteiger partial charge is 0.352 e. The number of halogens is 1. The Bertz CT molecular complexity index is 403. The van der Waals surface area contributed by atoms with Gasteiger partial charge in [-0.1, -0.05) is 39.5 Å². The van der Waals surface area contributed by atoms with E-state index in [0.29, 0.717) is 0 Å². The smallest absolute Gasteiger partial charge is 0.239 e. The molecule has 4 atom stereocenters. The molecule has 0 heterocycles. The van der Waals surface area contributed by atoms with Gasteiger partial charge in [0.15, 0.2) is 0 Å². The van der Waals surface area contributed by atoms with Crippen LogP contribution in [0.5, 0.6) is 0 Å². The van der Waals surface area contributed by atoms with E-state index in [1.807, 2.05) is 13.8 Å². The summed E-state index contributed by atoms with van der Waals surface area (Å²) in [5.74, 6) is 1.40. The Morgan fingerprint density at radius 2 is 1.74 bits per heavy atom. The van der Waals surface area contributed by atoms with Gasteiger partial charge in [0.2, 0.25) is 11.8 Å². The molecule has 4 N–H and O–H groups in total. The van der Waals surface area contributed by atoms with E-state index in [-0.39, 0.29) is 42.7 Å². The highest BCUT2D eigenvalue weighted by Gasteiger charge is 2.32. The number of carbonyl (C=O) groups excluding carboxylic acids is 2. The van der Waals surface area contributed by atoms with Crippen LogP contribution in [0.4, 0.5) is 0 Å². The number of fused-ring (bicyclic) bond motifs is 1. The minimum Gasteiger partial charge on any atom is -0.352 e. The topological polar surface area (TPSA) is 84.2 Å². The number of carbonyl (C=O) groups is 2. The van der Waals surface area contributed by atoms with Crippen molar-refractivity contribution in [1.29, 1.82) is 0 Å². The number of hydrogen-bond acceptors (Lipinski definition) is 3.